The third-order valence-corrected chi connectivity index (χ3v) is 2.82. The van der Waals surface area contributed by atoms with Gasteiger partial charge in [0.15, 0.2) is 0 Å². The minimum absolute atomic E-state index is 0.225. The maximum Gasteiger partial charge on any atom is 0.140 e. The lowest BCUT2D eigenvalue weighted by Crippen LogP contribution is -2.05. The Morgan fingerprint density at radius 2 is 2.21 bits per heavy atom. The summed E-state index contributed by atoms with van der Waals surface area (Å²) in [5.41, 5.74) is 7.32. The minimum atomic E-state index is 0.225. The summed E-state index contributed by atoms with van der Waals surface area (Å²) in [4.78, 5) is 0. The highest BCUT2D eigenvalue weighted by Crippen LogP contribution is 2.39. The number of hydrogen-bond acceptors (Lipinski definition) is 3. The Labute approximate surface area is 92.0 Å². The summed E-state index contributed by atoms with van der Waals surface area (Å²) in [6, 6.07) is 1.89. The van der Waals surface area contributed by atoms with Gasteiger partial charge in [-0.2, -0.15) is 0 Å². The third kappa shape index (κ3) is 2.01. The van der Waals surface area contributed by atoms with E-state index in [4.69, 9.17) is 10.5 Å². The Balaban J connectivity index is 3.28. The van der Waals surface area contributed by atoms with Crippen LogP contribution >= 0.6 is 15.9 Å². The van der Waals surface area contributed by atoms with Crippen molar-refractivity contribution in [3.8, 4) is 11.5 Å². The van der Waals surface area contributed by atoms with Crippen LogP contribution in [0.4, 0.5) is 0 Å². The summed E-state index contributed by atoms with van der Waals surface area (Å²) in [6.45, 7) is 2.41. The highest BCUT2D eigenvalue weighted by atomic mass is 79.9. The first-order valence-corrected chi connectivity index (χ1v) is 5.16. The second-order valence-corrected chi connectivity index (χ2v) is 3.88. The van der Waals surface area contributed by atoms with Crippen LogP contribution in [0.3, 0.4) is 0 Å². The maximum atomic E-state index is 9.65. The van der Waals surface area contributed by atoms with E-state index in [1.165, 1.54) is 0 Å². The normalized spacial score (nSPS) is 10.3. The summed E-state index contributed by atoms with van der Waals surface area (Å²) < 4.78 is 5.80. The Morgan fingerprint density at radius 3 is 2.71 bits per heavy atom. The van der Waals surface area contributed by atoms with E-state index in [9.17, 15) is 5.11 Å². The lowest BCUT2D eigenvalue weighted by atomic mass is 10.1. The van der Waals surface area contributed by atoms with Crippen molar-refractivity contribution in [2.45, 2.75) is 13.3 Å². The highest BCUT2D eigenvalue weighted by molar-refractivity contribution is 9.10. The molecule has 1 aromatic rings. The zero-order chi connectivity index (χ0) is 10.7. The van der Waals surface area contributed by atoms with Crippen LogP contribution < -0.4 is 10.5 Å². The van der Waals surface area contributed by atoms with Crippen LogP contribution in [0.1, 0.15) is 11.1 Å². The maximum absolute atomic E-state index is 9.65. The first-order valence-electron chi connectivity index (χ1n) is 4.36. The Hall–Kier alpha value is -0.740. The van der Waals surface area contributed by atoms with E-state index >= 15 is 0 Å². The molecule has 4 heteroatoms. The number of nitrogens with two attached hydrogens (primary N) is 1. The molecule has 1 aromatic carbocycles. The molecule has 0 aliphatic carbocycles. The topological polar surface area (TPSA) is 55.5 Å². The van der Waals surface area contributed by atoms with Crippen LogP contribution in [0.15, 0.2) is 10.5 Å². The summed E-state index contributed by atoms with van der Waals surface area (Å²) in [6.07, 6.45) is 0.739. The number of rotatable bonds is 3. The molecule has 0 saturated heterocycles. The van der Waals surface area contributed by atoms with E-state index in [2.05, 4.69) is 15.9 Å². The number of hydrogen-bond donors (Lipinski definition) is 2. The molecule has 0 amide bonds. The van der Waals surface area contributed by atoms with Crippen LogP contribution in [-0.4, -0.2) is 18.8 Å². The van der Waals surface area contributed by atoms with Crippen LogP contribution in [0.2, 0.25) is 0 Å². The predicted molar refractivity (Wildman–Crippen MR) is 59.9 cm³/mol. The summed E-state index contributed by atoms with van der Waals surface area (Å²) in [7, 11) is 1.58. The van der Waals surface area contributed by atoms with Gasteiger partial charge in [0.25, 0.3) is 0 Å². The molecule has 0 atom stereocenters. The number of phenolic OH excluding ortho intramolecular Hbond substituents is 1. The zero-order valence-corrected chi connectivity index (χ0v) is 9.89. The van der Waals surface area contributed by atoms with Crippen LogP contribution in [0.25, 0.3) is 0 Å². The molecule has 0 fully saturated rings. The summed E-state index contributed by atoms with van der Waals surface area (Å²) in [5, 5.41) is 9.65. The fourth-order valence-electron chi connectivity index (χ4n) is 1.38. The van der Waals surface area contributed by atoms with Gasteiger partial charge in [-0.05, 0) is 53.0 Å². The van der Waals surface area contributed by atoms with Crippen LogP contribution in [0, 0.1) is 6.92 Å². The van der Waals surface area contributed by atoms with Crippen LogP contribution in [-0.2, 0) is 6.42 Å². The number of aryl methyl sites for hydroxylation is 1. The van der Waals surface area contributed by atoms with Gasteiger partial charge in [0.1, 0.15) is 16.0 Å². The van der Waals surface area contributed by atoms with Gasteiger partial charge in [-0.15, -0.1) is 0 Å². The fourth-order valence-corrected chi connectivity index (χ4v) is 2.11. The molecule has 0 unspecified atom stereocenters. The van der Waals surface area contributed by atoms with Crippen molar-refractivity contribution < 1.29 is 9.84 Å². The number of methoxy groups -OCH3 is 1. The van der Waals surface area contributed by atoms with Gasteiger partial charge in [0.2, 0.25) is 0 Å². The van der Waals surface area contributed by atoms with Crippen molar-refractivity contribution in [1.82, 2.24) is 0 Å². The monoisotopic (exact) mass is 259 g/mol. The molecule has 1 rings (SSSR count). The van der Waals surface area contributed by atoms with E-state index in [-0.39, 0.29) is 5.75 Å². The molecule has 0 heterocycles. The molecule has 0 aliphatic heterocycles. The van der Waals surface area contributed by atoms with E-state index in [0.717, 1.165) is 17.5 Å². The van der Waals surface area contributed by atoms with Gasteiger partial charge in [0.05, 0.1) is 7.11 Å². The van der Waals surface area contributed by atoms with E-state index < -0.39 is 0 Å². The quantitative estimate of drug-likeness (QED) is 0.873. The molecule has 0 bridgehead atoms. The number of ether oxygens (including phenoxy) is 1. The van der Waals surface area contributed by atoms with Gasteiger partial charge in [-0.1, -0.05) is 0 Å². The van der Waals surface area contributed by atoms with Gasteiger partial charge >= 0.3 is 0 Å². The van der Waals surface area contributed by atoms with Gasteiger partial charge in [0, 0.05) is 0 Å². The van der Waals surface area contributed by atoms with Crippen molar-refractivity contribution in [2.24, 2.45) is 5.73 Å². The first-order chi connectivity index (χ1) is 6.61. The smallest absolute Gasteiger partial charge is 0.140 e. The minimum Gasteiger partial charge on any atom is -0.506 e. The first kappa shape index (κ1) is 11.3. The number of benzene rings is 1. The van der Waals surface area contributed by atoms with Gasteiger partial charge in [-0.25, -0.2) is 0 Å². The average molecular weight is 260 g/mol. The number of aromatic hydroxyl groups is 1. The summed E-state index contributed by atoms with van der Waals surface area (Å²) in [5.74, 6) is 0.890. The molecule has 0 spiro atoms. The SMILES string of the molecule is COc1c(CCN)cc(C)c(O)c1Br. The molecule has 3 nitrogen and oxygen atoms in total. The second kappa shape index (κ2) is 4.66. The van der Waals surface area contributed by atoms with E-state index in [1.807, 2.05) is 13.0 Å². The van der Waals surface area contributed by atoms with Crippen molar-refractivity contribution in [1.29, 1.82) is 0 Å². The van der Waals surface area contributed by atoms with Crippen molar-refractivity contribution in [2.75, 3.05) is 13.7 Å². The van der Waals surface area contributed by atoms with Crippen molar-refractivity contribution in [3.63, 3.8) is 0 Å². The highest BCUT2D eigenvalue weighted by Gasteiger charge is 2.13. The molecule has 0 radical (unpaired) electrons. The fraction of sp³-hybridized carbons (Fsp3) is 0.400. The molecule has 78 valence electrons. The molecular weight excluding hydrogens is 246 g/mol. The molecule has 0 aliphatic rings. The predicted octanol–water partition coefficient (Wildman–Crippen LogP) is 1.97. The molecule has 0 aromatic heterocycles. The summed E-state index contributed by atoms with van der Waals surface area (Å²) >= 11 is 3.30. The zero-order valence-electron chi connectivity index (χ0n) is 8.30. The van der Waals surface area contributed by atoms with Crippen molar-refractivity contribution >= 4 is 15.9 Å². The Morgan fingerprint density at radius 1 is 1.57 bits per heavy atom. The molecule has 0 saturated carbocycles. The average Bonchev–Trinajstić information content (AvgIpc) is 2.16. The number of halogens is 1. The third-order valence-electron chi connectivity index (χ3n) is 2.08. The largest absolute Gasteiger partial charge is 0.506 e. The van der Waals surface area contributed by atoms with Gasteiger partial charge in [-0.3, -0.25) is 0 Å². The molecular formula is C10H14BrNO2. The molecule has 3 N–H and O–H groups in total. The standard InChI is InChI=1S/C10H14BrNO2/c1-6-5-7(3-4-12)10(14-2)8(11)9(6)13/h5,13H,3-4,12H2,1-2H3. The van der Waals surface area contributed by atoms with Gasteiger partial charge < -0.3 is 15.6 Å². The molecule has 14 heavy (non-hydrogen) atoms. The van der Waals surface area contributed by atoms with E-state index in [0.29, 0.717) is 16.8 Å². The van der Waals surface area contributed by atoms with Crippen molar-refractivity contribution in [3.05, 3.63) is 21.7 Å². The second-order valence-electron chi connectivity index (χ2n) is 3.09. The lowest BCUT2D eigenvalue weighted by molar-refractivity contribution is 0.397. The lowest BCUT2D eigenvalue weighted by Gasteiger charge is -2.13. The van der Waals surface area contributed by atoms with Crippen LogP contribution in [0.5, 0.6) is 11.5 Å². The Bertz CT molecular complexity index is 339. The number of phenols is 1. The Kier molecular flexibility index (Phi) is 3.77. The van der Waals surface area contributed by atoms with E-state index in [1.54, 1.807) is 7.11 Å².